The lowest BCUT2D eigenvalue weighted by molar-refractivity contribution is -0.146. The number of hydrogen-bond acceptors (Lipinski definition) is 2. The van der Waals surface area contributed by atoms with Gasteiger partial charge in [0.1, 0.15) is 6.04 Å². The van der Waals surface area contributed by atoms with Crippen LogP contribution in [0.5, 0.6) is 0 Å². The average Bonchev–Trinajstić information content (AvgIpc) is 2.86. The van der Waals surface area contributed by atoms with E-state index in [1.807, 2.05) is 60.7 Å². The lowest BCUT2D eigenvalue weighted by Crippen LogP contribution is -2.40. The zero-order valence-corrected chi connectivity index (χ0v) is 12.1. The molecule has 2 aromatic rings. The Kier molecular flexibility index (Phi) is 3.92. The van der Waals surface area contributed by atoms with Crippen LogP contribution < -0.4 is 0 Å². The van der Waals surface area contributed by atoms with E-state index in [4.69, 9.17) is 0 Å². The maximum absolute atomic E-state index is 12.3. The Morgan fingerprint density at radius 3 is 2.23 bits per heavy atom. The SMILES string of the molecule is O=C(O)[C@H]1[C@H](c2ccccc2)CC(=O)N1Cc1ccccc1. The molecule has 2 atom stereocenters. The van der Waals surface area contributed by atoms with E-state index < -0.39 is 12.0 Å². The Balaban J connectivity index is 1.90. The van der Waals surface area contributed by atoms with Gasteiger partial charge >= 0.3 is 5.97 Å². The van der Waals surface area contributed by atoms with Gasteiger partial charge in [0.25, 0.3) is 0 Å². The molecule has 0 spiro atoms. The van der Waals surface area contributed by atoms with Crippen LogP contribution in [0.4, 0.5) is 0 Å². The van der Waals surface area contributed by atoms with Gasteiger partial charge in [-0.05, 0) is 11.1 Å². The van der Waals surface area contributed by atoms with Crippen LogP contribution in [0.15, 0.2) is 60.7 Å². The normalized spacial score (nSPS) is 21.1. The Morgan fingerprint density at radius 1 is 1.05 bits per heavy atom. The van der Waals surface area contributed by atoms with Crippen LogP contribution in [-0.4, -0.2) is 27.9 Å². The fourth-order valence-electron chi connectivity index (χ4n) is 3.06. The number of carboxylic acids is 1. The molecule has 1 heterocycles. The second-order valence-corrected chi connectivity index (χ2v) is 5.51. The number of carbonyl (C=O) groups is 2. The zero-order valence-electron chi connectivity index (χ0n) is 12.1. The van der Waals surface area contributed by atoms with Crippen LogP contribution in [0.25, 0.3) is 0 Å². The van der Waals surface area contributed by atoms with E-state index in [0.717, 1.165) is 11.1 Å². The third-order valence-corrected chi connectivity index (χ3v) is 4.11. The van der Waals surface area contributed by atoms with E-state index >= 15 is 0 Å². The minimum atomic E-state index is -0.948. The fourth-order valence-corrected chi connectivity index (χ4v) is 3.06. The molecule has 112 valence electrons. The van der Waals surface area contributed by atoms with Gasteiger partial charge in [-0.2, -0.15) is 0 Å². The third-order valence-electron chi connectivity index (χ3n) is 4.11. The van der Waals surface area contributed by atoms with Crippen molar-refractivity contribution >= 4 is 11.9 Å². The molecule has 22 heavy (non-hydrogen) atoms. The predicted octanol–water partition coefficient (Wildman–Crippen LogP) is 2.66. The van der Waals surface area contributed by atoms with Crippen molar-refractivity contribution in [1.82, 2.24) is 4.90 Å². The molecule has 1 amide bonds. The molecule has 4 nitrogen and oxygen atoms in total. The van der Waals surface area contributed by atoms with Crippen molar-refractivity contribution in [2.45, 2.75) is 24.9 Å². The van der Waals surface area contributed by atoms with E-state index in [9.17, 15) is 14.7 Å². The molecule has 0 radical (unpaired) electrons. The first-order valence-electron chi connectivity index (χ1n) is 7.28. The van der Waals surface area contributed by atoms with E-state index in [-0.39, 0.29) is 18.2 Å². The molecule has 1 saturated heterocycles. The molecule has 0 aromatic heterocycles. The monoisotopic (exact) mass is 295 g/mol. The first-order chi connectivity index (χ1) is 10.7. The second-order valence-electron chi connectivity index (χ2n) is 5.51. The highest BCUT2D eigenvalue weighted by Crippen LogP contribution is 2.35. The molecule has 1 aliphatic heterocycles. The largest absolute Gasteiger partial charge is 0.480 e. The van der Waals surface area contributed by atoms with Gasteiger partial charge in [0.15, 0.2) is 0 Å². The molecule has 0 saturated carbocycles. The number of nitrogens with zero attached hydrogens (tertiary/aromatic N) is 1. The quantitative estimate of drug-likeness (QED) is 0.943. The minimum absolute atomic E-state index is 0.106. The molecular formula is C18H17NO3. The van der Waals surface area contributed by atoms with Crippen molar-refractivity contribution in [3.8, 4) is 0 Å². The molecule has 2 aromatic carbocycles. The van der Waals surface area contributed by atoms with Crippen LogP contribution in [0.3, 0.4) is 0 Å². The van der Waals surface area contributed by atoms with Gasteiger partial charge in [0.2, 0.25) is 5.91 Å². The lowest BCUT2D eigenvalue weighted by Gasteiger charge is -2.25. The number of likely N-dealkylation sites (tertiary alicyclic amines) is 1. The number of benzene rings is 2. The smallest absolute Gasteiger partial charge is 0.327 e. The molecule has 0 aliphatic carbocycles. The summed E-state index contributed by atoms with van der Waals surface area (Å²) in [6, 6.07) is 18.1. The number of carboxylic acid groups (broad SMARTS) is 1. The summed E-state index contributed by atoms with van der Waals surface area (Å²) < 4.78 is 0. The summed E-state index contributed by atoms with van der Waals surface area (Å²) in [6.45, 7) is 0.333. The molecule has 4 heteroatoms. The van der Waals surface area contributed by atoms with E-state index in [1.54, 1.807) is 0 Å². The number of hydrogen-bond donors (Lipinski definition) is 1. The van der Waals surface area contributed by atoms with Crippen molar-refractivity contribution in [1.29, 1.82) is 0 Å². The van der Waals surface area contributed by atoms with Crippen molar-refractivity contribution in [2.75, 3.05) is 0 Å². The Morgan fingerprint density at radius 2 is 1.64 bits per heavy atom. The Hall–Kier alpha value is -2.62. The Labute approximate surface area is 129 Å². The summed E-state index contributed by atoms with van der Waals surface area (Å²) in [4.78, 5) is 25.6. The fraction of sp³-hybridized carbons (Fsp3) is 0.222. The van der Waals surface area contributed by atoms with Gasteiger partial charge in [-0.1, -0.05) is 60.7 Å². The number of carbonyl (C=O) groups excluding carboxylic acids is 1. The molecule has 1 aliphatic rings. The van der Waals surface area contributed by atoms with Gasteiger partial charge in [-0.15, -0.1) is 0 Å². The first-order valence-corrected chi connectivity index (χ1v) is 7.28. The number of aliphatic carboxylic acids is 1. The van der Waals surface area contributed by atoms with Gasteiger partial charge in [0.05, 0.1) is 0 Å². The first kappa shape index (κ1) is 14.3. The van der Waals surface area contributed by atoms with Crippen molar-refractivity contribution < 1.29 is 14.7 Å². The highest BCUT2D eigenvalue weighted by Gasteiger charge is 2.44. The second kappa shape index (κ2) is 6.02. The van der Waals surface area contributed by atoms with Crippen molar-refractivity contribution in [3.63, 3.8) is 0 Å². The minimum Gasteiger partial charge on any atom is -0.480 e. The lowest BCUT2D eigenvalue weighted by atomic mass is 9.91. The average molecular weight is 295 g/mol. The maximum atomic E-state index is 12.3. The highest BCUT2D eigenvalue weighted by atomic mass is 16.4. The molecular weight excluding hydrogens is 278 g/mol. The van der Waals surface area contributed by atoms with Gasteiger partial charge in [-0.3, -0.25) is 4.79 Å². The topological polar surface area (TPSA) is 57.6 Å². The van der Waals surface area contributed by atoms with E-state index in [1.165, 1.54) is 4.90 Å². The van der Waals surface area contributed by atoms with Crippen LogP contribution >= 0.6 is 0 Å². The summed E-state index contributed by atoms with van der Waals surface area (Å²) in [7, 11) is 0. The molecule has 0 unspecified atom stereocenters. The Bertz CT molecular complexity index is 669. The zero-order chi connectivity index (χ0) is 15.5. The van der Waals surface area contributed by atoms with Gasteiger partial charge in [-0.25, -0.2) is 4.79 Å². The maximum Gasteiger partial charge on any atom is 0.327 e. The van der Waals surface area contributed by atoms with E-state index in [2.05, 4.69) is 0 Å². The van der Waals surface area contributed by atoms with E-state index in [0.29, 0.717) is 6.54 Å². The highest BCUT2D eigenvalue weighted by molar-refractivity contribution is 5.89. The predicted molar refractivity (Wildman–Crippen MR) is 82.2 cm³/mol. The summed E-state index contributed by atoms with van der Waals surface area (Å²) in [5, 5.41) is 9.62. The van der Waals surface area contributed by atoms with Crippen LogP contribution in [0.2, 0.25) is 0 Å². The van der Waals surface area contributed by atoms with Gasteiger partial charge < -0.3 is 10.0 Å². The summed E-state index contributed by atoms with van der Waals surface area (Å²) in [6.07, 6.45) is 0.244. The summed E-state index contributed by atoms with van der Waals surface area (Å²) >= 11 is 0. The summed E-state index contributed by atoms with van der Waals surface area (Å²) in [5.74, 6) is -1.35. The summed E-state index contributed by atoms with van der Waals surface area (Å²) in [5.41, 5.74) is 1.84. The number of rotatable bonds is 4. The van der Waals surface area contributed by atoms with Crippen molar-refractivity contribution in [3.05, 3.63) is 71.8 Å². The number of amides is 1. The standard InChI is InChI=1S/C18H17NO3/c20-16-11-15(14-9-5-2-6-10-14)17(18(21)22)19(16)12-13-7-3-1-4-8-13/h1-10,15,17H,11-12H2,(H,21,22)/t15-,17+/m0/s1. The van der Waals surface area contributed by atoms with Crippen molar-refractivity contribution in [2.24, 2.45) is 0 Å². The van der Waals surface area contributed by atoms with Gasteiger partial charge in [0, 0.05) is 18.9 Å². The molecule has 1 fully saturated rings. The molecule has 0 bridgehead atoms. The molecule has 1 N–H and O–H groups in total. The van der Waals surface area contributed by atoms with Crippen LogP contribution in [0, 0.1) is 0 Å². The van der Waals surface area contributed by atoms with Crippen LogP contribution in [0.1, 0.15) is 23.5 Å². The van der Waals surface area contributed by atoms with Crippen LogP contribution in [-0.2, 0) is 16.1 Å². The third kappa shape index (κ3) is 2.72. The molecule has 3 rings (SSSR count).